The Morgan fingerprint density at radius 1 is 0.893 bits per heavy atom. The average Bonchev–Trinajstić information content (AvgIpc) is 2.72. The fraction of sp³-hybridized carbons (Fsp3) is 0.130. The van der Waals surface area contributed by atoms with Crippen LogP contribution in [0.5, 0.6) is 5.75 Å². The lowest BCUT2D eigenvalue weighted by molar-refractivity contribution is -0.123. The number of carbonyl (C=O) groups excluding carboxylic acids is 2. The summed E-state index contributed by atoms with van der Waals surface area (Å²) in [5.74, 6) is 0.104. The summed E-state index contributed by atoms with van der Waals surface area (Å²) in [7, 11) is 0. The van der Waals surface area contributed by atoms with Crippen LogP contribution in [0, 0.1) is 6.92 Å². The third-order valence-corrected chi connectivity index (χ3v) is 4.24. The Kier molecular flexibility index (Phi) is 6.41. The fourth-order valence-corrected chi connectivity index (χ4v) is 2.66. The van der Waals surface area contributed by atoms with Crippen LogP contribution < -0.4 is 15.4 Å². The molecule has 0 bridgehead atoms. The predicted octanol–water partition coefficient (Wildman–Crippen LogP) is 3.94. The average molecular weight is 374 g/mol. The number of aryl methyl sites for hydroxylation is 1. The number of nitrogens with one attached hydrogen (secondary N) is 2. The van der Waals surface area contributed by atoms with Crippen molar-refractivity contribution in [3.8, 4) is 5.75 Å². The molecule has 0 spiro atoms. The van der Waals surface area contributed by atoms with Crippen LogP contribution >= 0.6 is 0 Å². The van der Waals surface area contributed by atoms with Crippen molar-refractivity contribution in [1.29, 1.82) is 0 Å². The smallest absolute Gasteiger partial charge is 0.258 e. The molecule has 0 unspecified atom stereocenters. The molecular formula is C23H22N2O3. The minimum absolute atomic E-state index is 0.0953. The van der Waals surface area contributed by atoms with Gasteiger partial charge in [0.25, 0.3) is 11.8 Å². The largest absolute Gasteiger partial charge is 0.484 e. The van der Waals surface area contributed by atoms with E-state index in [9.17, 15) is 9.59 Å². The van der Waals surface area contributed by atoms with Crippen LogP contribution in [-0.2, 0) is 11.3 Å². The molecule has 0 saturated heterocycles. The van der Waals surface area contributed by atoms with Gasteiger partial charge in [-0.3, -0.25) is 9.59 Å². The van der Waals surface area contributed by atoms with Crippen LogP contribution in [0.15, 0.2) is 78.9 Å². The van der Waals surface area contributed by atoms with Crippen LogP contribution in [0.2, 0.25) is 0 Å². The molecule has 0 saturated carbocycles. The number of carbonyl (C=O) groups is 2. The van der Waals surface area contributed by atoms with Crippen molar-refractivity contribution in [3.63, 3.8) is 0 Å². The number of hydrogen-bond donors (Lipinski definition) is 2. The van der Waals surface area contributed by atoms with Gasteiger partial charge in [-0.2, -0.15) is 0 Å². The molecule has 3 rings (SSSR count). The standard InChI is InChI=1S/C23H22N2O3/c1-17-8-5-6-11-19(17)15-24-22(26)16-28-21-13-7-12-20(14-21)25-23(27)18-9-3-2-4-10-18/h2-14H,15-16H2,1H3,(H,24,26)(H,25,27). The highest BCUT2D eigenvalue weighted by molar-refractivity contribution is 6.04. The molecule has 0 aliphatic heterocycles. The first-order valence-corrected chi connectivity index (χ1v) is 9.02. The maximum Gasteiger partial charge on any atom is 0.258 e. The summed E-state index contributed by atoms with van der Waals surface area (Å²) in [5, 5.41) is 5.66. The van der Waals surface area contributed by atoms with Crippen molar-refractivity contribution >= 4 is 17.5 Å². The van der Waals surface area contributed by atoms with Gasteiger partial charge in [-0.15, -0.1) is 0 Å². The summed E-state index contributed by atoms with van der Waals surface area (Å²) in [5.41, 5.74) is 3.38. The van der Waals surface area contributed by atoms with Crippen molar-refractivity contribution in [3.05, 3.63) is 95.6 Å². The number of hydrogen-bond acceptors (Lipinski definition) is 3. The van der Waals surface area contributed by atoms with Gasteiger partial charge in [0.05, 0.1) is 0 Å². The Morgan fingerprint density at radius 3 is 2.43 bits per heavy atom. The van der Waals surface area contributed by atoms with Gasteiger partial charge >= 0.3 is 0 Å². The van der Waals surface area contributed by atoms with Gasteiger partial charge in [0.2, 0.25) is 0 Å². The molecule has 0 atom stereocenters. The molecule has 5 heteroatoms. The first-order chi connectivity index (χ1) is 13.6. The summed E-state index contributed by atoms with van der Waals surface area (Å²) in [6.07, 6.45) is 0. The lowest BCUT2D eigenvalue weighted by Gasteiger charge is -2.10. The molecule has 28 heavy (non-hydrogen) atoms. The van der Waals surface area contributed by atoms with Crippen LogP contribution in [-0.4, -0.2) is 18.4 Å². The number of ether oxygens (including phenoxy) is 1. The SMILES string of the molecule is Cc1ccccc1CNC(=O)COc1cccc(NC(=O)c2ccccc2)c1. The minimum atomic E-state index is -0.207. The molecule has 0 aliphatic carbocycles. The Labute approximate surface area is 164 Å². The third kappa shape index (κ3) is 5.45. The van der Waals surface area contributed by atoms with Gasteiger partial charge in [-0.25, -0.2) is 0 Å². The molecule has 0 aliphatic rings. The van der Waals surface area contributed by atoms with Crippen molar-refractivity contribution in [1.82, 2.24) is 5.32 Å². The topological polar surface area (TPSA) is 67.4 Å². The van der Waals surface area contributed by atoms with E-state index >= 15 is 0 Å². The van der Waals surface area contributed by atoms with Crippen LogP contribution in [0.3, 0.4) is 0 Å². The van der Waals surface area contributed by atoms with E-state index in [0.717, 1.165) is 11.1 Å². The van der Waals surface area contributed by atoms with E-state index in [-0.39, 0.29) is 18.4 Å². The summed E-state index contributed by atoms with van der Waals surface area (Å²) in [6, 6.07) is 23.8. The molecule has 5 nitrogen and oxygen atoms in total. The van der Waals surface area contributed by atoms with Gasteiger partial charge in [-0.1, -0.05) is 48.5 Å². The second kappa shape index (κ2) is 9.37. The lowest BCUT2D eigenvalue weighted by atomic mass is 10.1. The summed E-state index contributed by atoms with van der Waals surface area (Å²) in [4.78, 5) is 24.3. The zero-order valence-electron chi connectivity index (χ0n) is 15.6. The van der Waals surface area contributed by atoms with E-state index < -0.39 is 0 Å². The van der Waals surface area contributed by atoms with Crippen molar-refractivity contribution in [2.45, 2.75) is 13.5 Å². The molecule has 3 aromatic carbocycles. The zero-order chi connectivity index (χ0) is 19.8. The van der Waals surface area contributed by atoms with Crippen LogP contribution in [0.1, 0.15) is 21.5 Å². The van der Waals surface area contributed by atoms with Gasteiger partial charge in [0, 0.05) is 23.9 Å². The monoisotopic (exact) mass is 374 g/mol. The minimum Gasteiger partial charge on any atom is -0.484 e. The second-order valence-electron chi connectivity index (χ2n) is 6.34. The second-order valence-corrected chi connectivity index (χ2v) is 6.34. The Hall–Kier alpha value is -3.60. The molecule has 142 valence electrons. The number of rotatable bonds is 7. The van der Waals surface area contributed by atoms with Gasteiger partial charge in [0.1, 0.15) is 5.75 Å². The molecule has 0 aromatic heterocycles. The Bertz CT molecular complexity index is 955. The van der Waals surface area contributed by atoms with E-state index in [0.29, 0.717) is 23.5 Å². The van der Waals surface area contributed by atoms with Gasteiger partial charge < -0.3 is 15.4 Å². The zero-order valence-corrected chi connectivity index (χ0v) is 15.6. The molecule has 0 fully saturated rings. The quantitative estimate of drug-likeness (QED) is 0.658. The fourth-order valence-electron chi connectivity index (χ4n) is 2.66. The molecular weight excluding hydrogens is 352 g/mol. The highest BCUT2D eigenvalue weighted by Gasteiger charge is 2.07. The van der Waals surface area contributed by atoms with E-state index in [1.807, 2.05) is 49.4 Å². The molecule has 0 heterocycles. The summed E-state index contributed by atoms with van der Waals surface area (Å²) in [6.45, 7) is 2.37. The highest BCUT2D eigenvalue weighted by Crippen LogP contribution is 2.18. The molecule has 3 aromatic rings. The Morgan fingerprint density at radius 2 is 1.64 bits per heavy atom. The molecule has 2 N–H and O–H groups in total. The van der Waals surface area contributed by atoms with Crippen molar-refractivity contribution in [2.24, 2.45) is 0 Å². The normalized spacial score (nSPS) is 10.2. The number of amides is 2. The predicted molar refractivity (Wildman–Crippen MR) is 109 cm³/mol. The first-order valence-electron chi connectivity index (χ1n) is 9.02. The lowest BCUT2D eigenvalue weighted by Crippen LogP contribution is -2.28. The summed E-state index contributed by atoms with van der Waals surface area (Å²) >= 11 is 0. The van der Waals surface area contributed by atoms with Gasteiger partial charge in [-0.05, 0) is 42.3 Å². The highest BCUT2D eigenvalue weighted by atomic mass is 16.5. The molecule has 0 radical (unpaired) electrons. The maximum absolute atomic E-state index is 12.2. The van der Waals surface area contributed by atoms with E-state index in [1.54, 1.807) is 36.4 Å². The van der Waals surface area contributed by atoms with Gasteiger partial charge in [0.15, 0.2) is 6.61 Å². The third-order valence-electron chi connectivity index (χ3n) is 4.24. The maximum atomic E-state index is 12.2. The number of anilines is 1. The van der Waals surface area contributed by atoms with E-state index in [1.165, 1.54) is 0 Å². The Balaban J connectivity index is 1.51. The van der Waals surface area contributed by atoms with Crippen molar-refractivity contribution in [2.75, 3.05) is 11.9 Å². The first kappa shape index (κ1) is 19.2. The van der Waals surface area contributed by atoms with E-state index in [2.05, 4.69) is 10.6 Å². The van der Waals surface area contributed by atoms with E-state index in [4.69, 9.17) is 4.74 Å². The number of benzene rings is 3. The molecule has 2 amide bonds. The van der Waals surface area contributed by atoms with Crippen LogP contribution in [0.25, 0.3) is 0 Å². The summed E-state index contributed by atoms with van der Waals surface area (Å²) < 4.78 is 5.55. The van der Waals surface area contributed by atoms with Crippen LogP contribution in [0.4, 0.5) is 5.69 Å². The van der Waals surface area contributed by atoms with Crippen molar-refractivity contribution < 1.29 is 14.3 Å².